The average Bonchev–Trinajstić information content (AvgIpc) is 3.30. The smallest absolute Gasteiger partial charge is 0.417 e. The van der Waals surface area contributed by atoms with Gasteiger partial charge in [0.2, 0.25) is 0 Å². The summed E-state index contributed by atoms with van der Waals surface area (Å²) in [5, 5.41) is 17.4. The summed E-state index contributed by atoms with van der Waals surface area (Å²) in [6.07, 6.45) is -1.67. The predicted molar refractivity (Wildman–Crippen MR) is 93.8 cm³/mol. The molecule has 3 heterocycles. The maximum absolute atomic E-state index is 13.9. The number of aliphatic carboxylic acids is 1. The molecular formula is C18H18F3N5O2. The predicted octanol–water partition coefficient (Wildman–Crippen LogP) is 3.60. The fourth-order valence-electron chi connectivity index (χ4n) is 3.46. The Balaban J connectivity index is 2.03. The van der Waals surface area contributed by atoms with Gasteiger partial charge in [0, 0.05) is 23.7 Å². The van der Waals surface area contributed by atoms with Gasteiger partial charge in [-0.3, -0.25) is 9.48 Å². The number of carbonyl (C=O) groups is 1. The summed E-state index contributed by atoms with van der Waals surface area (Å²) in [6.45, 7) is 3.66. The molecule has 1 N–H and O–H groups in total. The topological polar surface area (TPSA) is 85.8 Å². The normalized spacial score (nSPS) is 14.8. The van der Waals surface area contributed by atoms with Crippen molar-refractivity contribution in [1.29, 1.82) is 0 Å². The first-order valence-electron chi connectivity index (χ1n) is 8.94. The Bertz CT molecular complexity index is 1080. The number of halogens is 3. The van der Waals surface area contributed by atoms with E-state index in [0.717, 1.165) is 23.6 Å². The van der Waals surface area contributed by atoms with Crippen LogP contribution in [0.15, 0.2) is 12.3 Å². The van der Waals surface area contributed by atoms with E-state index in [4.69, 9.17) is 5.11 Å². The monoisotopic (exact) mass is 393 g/mol. The molecule has 0 aromatic carbocycles. The van der Waals surface area contributed by atoms with Gasteiger partial charge in [0.15, 0.2) is 5.65 Å². The zero-order valence-corrected chi connectivity index (χ0v) is 15.3. The fraction of sp³-hybridized carbons (Fsp3) is 0.444. The van der Waals surface area contributed by atoms with E-state index in [1.807, 2.05) is 6.92 Å². The molecule has 3 aromatic heterocycles. The molecule has 1 saturated carbocycles. The minimum absolute atomic E-state index is 0.0576. The van der Waals surface area contributed by atoms with Crippen LogP contribution in [0, 0.1) is 6.92 Å². The molecule has 0 aliphatic heterocycles. The van der Waals surface area contributed by atoms with Crippen molar-refractivity contribution >= 4 is 17.0 Å². The molecular weight excluding hydrogens is 375 g/mol. The number of pyridine rings is 1. The van der Waals surface area contributed by atoms with E-state index in [0.29, 0.717) is 17.8 Å². The first-order chi connectivity index (χ1) is 13.2. The molecule has 4 rings (SSSR count). The largest absolute Gasteiger partial charge is 0.480 e. The van der Waals surface area contributed by atoms with E-state index in [-0.39, 0.29) is 28.3 Å². The second-order valence-electron chi connectivity index (χ2n) is 6.92. The minimum atomic E-state index is -4.62. The summed E-state index contributed by atoms with van der Waals surface area (Å²) < 4.78 is 44.5. The van der Waals surface area contributed by atoms with Gasteiger partial charge in [0.05, 0.1) is 28.5 Å². The van der Waals surface area contributed by atoms with Crippen LogP contribution in [0.4, 0.5) is 13.2 Å². The summed E-state index contributed by atoms with van der Waals surface area (Å²) in [5.41, 5.74) is 0.654. The van der Waals surface area contributed by atoms with Crippen molar-refractivity contribution in [2.45, 2.75) is 51.9 Å². The second kappa shape index (κ2) is 6.32. The van der Waals surface area contributed by atoms with Gasteiger partial charge < -0.3 is 5.11 Å². The van der Waals surface area contributed by atoms with E-state index >= 15 is 0 Å². The van der Waals surface area contributed by atoms with Crippen molar-refractivity contribution in [2.75, 3.05) is 0 Å². The van der Waals surface area contributed by atoms with Crippen LogP contribution in [0.2, 0.25) is 0 Å². The van der Waals surface area contributed by atoms with Crippen molar-refractivity contribution in [3.63, 3.8) is 0 Å². The number of hydrogen-bond donors (Lipinski definition) is 1. The average molecular weight is 393 g/mol. The van der Waals surface area contributed by atoms with Crippen LogP contribution in [0.1, 0.15) is 42.6 Å². The van der Waals surface area contributed by atoms with E-state index in [2.05, 4.69) is 15.2 Å². The maximum Gasteiger partial charge on any atom is 0.417 e. The van der Waals surface area contributed by atoms with E-state index in [1.54, 1.807) is 11.6 Å². The Morgan fingerprint density at radius 2 is 2.04 bits per heavy atom. The highest BCUT2D eigenvalue weighted by atomic mass is 19.4. The number of hydrogen-bond acceptors (Lipinski definition) is 4. The molecule has 0 amide bonds. The highest BCUT2D eigenvalue weighted by molar-refractivity contribution is 5.87. The Labute approximate surface area is 157 Å². The number of nitrogens with zero attached hydrogens (tertiary/aromatic N) is 5. The van der Waals surface area contributed by atoms with E-state index in [1.165, 1.54) is 6.20 Å². The molecule has 3 aromatic rings. The SMILES string of the molecule is CCn1ncc(-c2cc(C(F)(F)F)c3c(C4CC4)nn(CC(=O)O)c3n2)c1C. The Morgan fingerprint density at radius 1 is 1.32 bits per heavy atom. The lowest BCUT2D eigenvalue weighted by molar-refractivity contribution is -0.138. The number of alkyl halides is 3. The number of carboxylic acids is 1. The molecule has 1 aliphatic rings. The first kappa shape index (κ1) is 18.5. The van der Waals surface area contributed by atoms with Crippen LogP contribution in [0.5, 0.6) is 0 Å². The Morgan fingerprint density at radius 3 is 2.57 bits per heavy atom. The lowest BCUT2D eigenvalue weighted by Crippen LogP contribution is -2.12. The number of fused-ring (bicyclic) bond motifs is 1. The molecule has 148 valence electrons. The van der Waals surface area contributed by atoms with Gasteiger partial charge in [0.25, 0.3) is 0 Å². The van der Waals surface area contributed by atoms with Crippen molar-refractivity contribution in [3.05, 3.63) is 29.2 Å². The quantitative estimate of drug-likeness (QED) is 0.716. The van der Waals surface area contributed by atoms with Crippen LogP contribution in [-0.4, -0.2) is 35.6 Å². The summed E-state index contributed by atoms with van der Waals surface area (Å²) in [7, 11) is 0. The third-order valence-electron chi connectivity index (χ3n) is 4.96. The van der Waals surface area contributed by atoms with Crippen LogP contribution in [0.25, 0.3) is 22.3 Å². The minimum Gasteiger partial charge on any atom is -0.480 e. The molecule has 0 saturated heterocycles. The fourth-order valence-corrected chi connectivity index (χ4v) is 3.46. The third-order valence-corrected chi connectivity index (χ3v) is 4.96. The van der Waals surface area contributed by atoms with Crippen molar-refractivity contribution in [1.82, 2.24) is 24.5 Å². The summed E-state index contributed by atoms with van der Waals surface area (Å²) in [4.78, 5) is 15.6. The lowest BCUT2D eigenvalue weighted by Gasteiger charge is -2.12. The summed E-state index contributed by atoms with van der Waals surface area (Å²) in [5.74, 6) is -1.28. The molecule has 1 aliphatic carbocycles. The van der Waals surface area contributed by atoms with Crippen molar-refractivity contribution < 1.29 is 23.1 Å². The number of rotatable bonds is 5. The zero-order chi connectivity index (χ0) is 20.2. The maximum atomic E-state index is 13.9. The van der Waals surface area contributed by atoms with Gasteiger partial charge in [-0.05, 0) is 32.8 Å². The Kier molecular flexibility index (Phi) is 4.16. The first-order valence-corrected chi connectivity index (χ1v) is 8.94. The van der Waals surface area contributed by atoms with Crippen LogP contribution in [0.3, 0.4) is 0 Å². The molecule has 0 radical (unpaired) electrons. The zero-order valence-electron chi connectivity index (χ0n) is 15.3. The lowest BCUT2D eigenvalue weighted by atomic mass is 10.0. The second-order valence-corrected chi connectivity index (χ2v) is 6.92. The van der Waals surface area contributed by atoms with Crippen LogP contribution < -0.4 is 0 Å². The van der Waals surface area contributed by atoms with Crippen LogP contribution in [-0.2, 0) is 24.1 Å². The third kappa shape index (κ3) is 3.02. The standard InChI is InChI=1S/C18H18F3N5O2/c1-3-25-9(2)11(7-22-25)13-6-12(18(19,20)21)15-16(10-4-5-10)24-26(8-14(27)28)17(15)23-13/h6-7,10H,3-5,8H2,1-2H3,(H,27,28). The molecule has 0 bridgehead atoms. The van der Waals surface area contributed by atoms with Gasteiger partial charge in [-0.2, -0.15) is 23.4 Å². The number of aryl methyl sites for hydroxylation is 1. The van der Waals surface area contributed by atoms with Gasteiger partial charge >= 0.3 is 12.1 Å². The Hall–Kier alpha value is -2.91. The highest BCUT2D eigenvalue weighted by Gasteiger charge is 2.39. The molecule has 10 heteroatoms. The van der Waals surface area contributed by atoms with Gasteiger partial charge in [-0.1, -0.05) is 0 Å². The molecule has 7 nitrogen and oxygen atoms in total. The van der Waals surface area contributed by atoms with Crippen molar-refractivity contribution in [3.8, 4) is 11.3 Å². The molecule has 0 spiro atoms. The molecule has 0 unspecified atom stereocenters. The highest BCUT2D eigenvalue weighted by Crippen LogP contribution is 2.46. The molecule has 1 fully saturated rings. The van der Waals surface area contributed by atoms with E-state index < -0.39 is 24.3 Å². The van der Waals surface area contributed by atoms with Crippen LogP contribution >= 0.6 is 0 Å². The number of carboxylic acid groups (broad SMARTS) is 1. The summed E-state index contributed by atoms with van der Waals surface area (Å²) in [6, 6.07) is 1.02. The van der Waals surface area contributed by atoms with Crippen molar-refractivity contribution in [2.24, 2.45) is 0 Å². The van der Waals surface area contributed by atoms with Gasteiger partial charge in [-0.25, -0.2) is 9.67 Å². The number of aromatic nitrogens is 5. The van der Waals surface area contributed by atoms with Gasteiger partial charge in [0.1, 0.15) is 6.54 Å². The van der Waals surface area contributed by atoms with E-state index in [9.17, 15) is 18.0 Å². The molecule has 28 heavy (non-hydrogen) atoms. The molecule has 0 atom stereocenters. The summed E-state index contributed by atoms with van der Waals surface area (Å²) >= 11 is 0. The van der Waals surface area contributed by atoms with Gasteiger partial charge in [-0.15, -0.1) is 0 Å².